The topological polar surface area (TPSA) is 90.1 Å². The predicted octanol–water partition coefficient (Wildman–Crippen LogP) is 1.11. The minimum atomic E-state index is -0.946. The smallest absolute Gasteiger partial charge is 0.294 e. The molecule has 0 bridgehead atoms. The minimum Gasteiger partial charge on any atom is -0.294 e. The third-order valence-electron chi connectivity index (χ3n) is 1.93. The maximum Gasteiger partial charge on any atom is 0.394 e. The summed E-state index contributed by atoms with van der Waals surface area (Å²) in [6.07, 6.45) is 1.36. The van der Waals surface area contributed by atoms with E-state index in [1.807, 2.05) is 12.1 Å². The highest BCUT2D eigenvalue weighted by atomic mass is 79.9. The van der Waals surface area contributed by atoms with E-state index < -0.39 is 5.97 Å². The van der Waals surface area contributed by atoms with Gasteiger partial charge >= 0.3 is 5.97 Å². The molecule has 2 heterocycles. The van der Waals surface area contributed by atoms with Crippen LogP contribution < -0.4 is 0 Å². The van der Waals surface area contributed by atoms with Crippen LogP contribution >= 0.6 is 15.9 Å². The first-order valence-corrected chi connectivity index (χ1v) is 5.35. The second-order valence-corrected chi connectivity index (χ2v) is 3.94. The Morgan fingerprint density at radius 2 is 2.35 bits per heavy atom. The van der Waals surface area contributed by atoms with E-state index in [-0.39, 0.29) is 5.69 Å². The van der Waals surface area contributed by atoms with Crippen LogP contribution in [0, 0.1) is 0 Å². The maximum atomic E-state index is 10.9. The molecule has 0 radical (unpaired) electrons. The minimum absolute atomic E-state index is 0.0671. The van der Waals surface area contributed by atoms with Gasteiger partial charge in [-0.1, -0.05) is 11.3 Å². The average molecular weight is 299 g/mol. The Bertz CT molecular complexity index is 543. The Labute approximate surface area is 104 Å². The van der Waals surface area contributed by atoms with E-state index in [9.17, 15) is 4.79 Å². The van der Waals surface area contributed by atoms with Crippen LogP contribution in [0.3, 0.4) is 0 Å². The summed E-state index contributed by atoms with van der Waals surface area (Å²) < 4.78 is 2.13. The van der Waals surface area contributed by atoms with E-state index in [4.69, 9.17) is 5.26 Å². The largest absolute Gasteiger partial charge is 0.394 e. The molecular formula is C9H7BrN4O3. The zero-order chi connectivity index (χ0) is 12.3. The molecule has 0 saturated carbocycles. The highest BCUT2D eigenvalue weighted by Crippen LogP contribution is 2.07. The summed E-state index contributed by atoms with van der Waals surface area (Å²) in [5, 5.41) is 15.4. The number of carbonyl (C=O) groups is 1. The Kier molecular flexibility index (Phi) is 3.45. The number of hydrogen-bond donors (Lipinski definition) is 1. The monoisotopic (exact) mass is 298 g/mol. The molecule has 2 rings (SSSR count). The van der Waals surface area contributed by atoms with Gasteiger partial charge in [-0.3, -0.25) is 4.89 Å². The fraction of sp³-hybridized carbons (Fsp3) is 0.111. The van der Waals surface area contributed by atoms with Gasteiger partial charge in [-0.25, -0.2) is 14.5 Å². The van der Waals surface area contributed by atoms with E-state index in [2.05, 4.69) is 36.1 Å². The lowest BCUT2D eigenvalue weighted by Crippen LogP contribution is -2.03. The summed E-state index contributed by atoms with van der Waals surface area (Å²) in [4.78, 5) is 18.7. The van der Waals surface area contributed by atoms with Crippen molar-refractivity contribution >= 4 is 21.9 Å². The molecule has 17 heavy (non-hydrogen) atoms. The molecule has 0 aliphatic heterocycles. The second-order valence-electron chi connectivity index (χ2n) is 3.13. The molecule has 0 spiro atoms. The molecule has 88 valence electrons. The predicted molar refractivity (Wildman–Crippen MR) is 59.1 cm³/mol. The molecule has 0 saturated heterocycles. The van der Waals surface area contributed by atoms with Crippen LogP contribution in [-0.4, -0.2) is 31.2 Å². The van der Waals surface area contributed by atoms with Crippen molar-refractivity contribution in [2.24, 2.45) is 0 Å². The summed E-state index contributed by atoms with van der Waals surface area (Å²) in [6, 6.07) is 5.46. The lowest BCUT2D eigenvalue weighted by molar-refractivity contribution is -0.183. The van der Waals surface area contributed by atoms with Crippen LogP contribution in [0.5, 0.6) is 0 Å². The molecule has 0 fully saturated rings. The van der Waals surface area contributed by atoms with Crippen molar-refractivity contribution in [3.05, 3.63) is 40.4 Å². The van der Waals surface area contributed by atoms with Crippen LogP contribution in [0.1, 0.15) is 16.2 Å². The van der Waals surface area contributed by atoms with E-state index in [1.54, 1.807) is 6.07 Å². The summed E-state index contributed by atoms with van der Waals surface area (Å²) in [7, 11) is 0. The molecule has 0 unspecified atom stereocenters. The van der Waals surface area contributed by atoms with Gasteiger partial charge in [0.2, 0.25) is 0 Å². The number of carbonyl (C=O) groups excluding carboxylic acids is 1. The first-order chi connectivity index (χ1) is 8.19. The van der Waals surface area contributed by atoms with Crippen LogP contribution in [0.25, 0.3) is 0 Å². The molecule has 0 aromatic carbocycles. The molecule has 7 nitrogen and oxygen atoms in total. The number of hydrogen-bond acceptors (Lipinski definition) is 6. The molecule has 8 heteroatoms. The van der Waals surface area contributed by atoms with Gasteiger partial charge < -0.3 is 0 Å². The highest BCUT2D eigenvalue weighted by molar-refractivity contribution is 9.10. The van der Waals surface area contributed by atoms with Crippen LogP contribution in [0.15, 0.2) is 29.0 Å². The molecule has 2 aromatic rings. The van der Waals surface area contributed by atoms with Gasteiger partial charge in [0.1, 0.15) is 4.60 Å². The van der Waals surface area contributed by atoms with Gasteiger partial charge in [-0.15, -0.1) is 5.10 Å². The third-order valence-corrected chi connectivity index (χ3v) is 2.37. The summed E-state index contributed by atoms with van der Waals surface area (Å²) in [5.41, 5.74) is 0.690. The van der Waals surface area contributed by atoms with Crippen LogP contribution in [0.2, 0.25) is 0 Å². The van der Waals surface area contributed by atoms with Crippen molar-refractivity contribution in [2.45, 2.75) is 6.54 Å². The maximum absolute atomic E-state index is 10.9. The Hall–Kier alpha value is -1.80. The van der Waals surface area contributed by atoms with E-state index in [0.717, 1.165) is 5.69 Å². The van der Waals surface area contributed by atoms with Crippen molar-refractivity contribution in [3.63, 3.8) is 0 Å². The molecule has 2 aromatic heterocycles. The number of rotatable bonds is 3. The number of pyridine rings is 1. The summed E-state index contributed by atoms with van der Waals surface area (Å²) in [5.74, 6) is -0.946. The van der Waals surface area contributed by atoms with Crippen LogP contribution in [0.4, 0.5) is 0 Å². The lowest BCUT2D eigenvalue weighted by atomic mass is 10.3. The van der Waals surface area contributed by atoms with Gasteiger partial charge in [0, 0.05) is 0 Å². The zero-order valence-corrected chi connectivity index (χ0v) is 10.0. The lowest BCUT2D eigenvalue weighted by Gasteiger charge is -1.99. The number of aromatic nitrogens is 4. The SMILES string of the molecule is O=C(OO)c1cn(Cc2cccc(Br)n2)nn1. The normalized spacial score (nSPS) is 10.2. The average Bonchev–Trinajstić information content (AvgIpc) is 2.76. The highest BCUT2D eigenvalue weighted by Gasteiger charge is 2.12. The Morgan fingerprint density at radius 3 is 3.06 bits per heavy atom. The molecule has 0 atom stereocenters. The van der Waals surface area contributed by atoms with E-state index in [1.165, 1.54) is 10.9 Å². The molecular weight excluding hydrogens is 292 g/mol. The van der Waals surface area contributed by atoms with Crippen molar-refractivity contribution < 1.29 is 14.9 Å². The van der Waals surface area contributed by atoms with Crippen LogP contribution in [-0.2, 0) is 11.4 Å². The van der Waals surface area contributed by atoms with Crippen molar-refractivity contribution in [3.8, 4) is 0 Å². The Balaban J connectivity index is 2.14. The van der Waals surface area contributed by atoms with Gasteiger partial charge in [0.15, 0.2) is 5.69 Å². The molecule has 1 N–H and O–H groups in total. The quantitative estimate of drug-likeness (QED) is 0.519. The first kappa shape index (κ1) is 11.7. The number of nitrogens with zero attached hydrogens (tertiary/aromatic N) is 4. The fourth-order valence-electron chi connectivity index (χ4n) is 1.22. The molecule has 0 aliphatic carbocycles. The van der Waals surface area contributed by atoms with Gasteiger partial charge in [0.25, 0.3) is 0 Å². The standard InChI is InChI=1S/C9H7BrN4O3/c10-8-3-1-2-6(11-8)4-14-5-7(12-13-14)9(15)17-16/h1-3,5,16H,4H2. The fourth-order valence-corrected chi connectivity index (χ4v) is 1.60. The first-order valence-electron chi connectivity index (χ1n) is 4.56. The van der Waals surface area contributed by atoms with Crippen molar-refractivity contribution in [2.75, 3.05) is 0 Å². The molecule has 0 aliphatic rings. The molecule has 0 amide bonds. The summed E-state index contributed by atoms with van der Waals surface area (Å²) in [6.45, 7) is 0.366. The van der Waals surface area contributed by atoms with Gasteiger partial charge in [-0.05, 0) is 28.1 Å². The van der Waals surface area contributed by atoms with E-state index in [0.29, 0.717) is 11.1 Å². The Morgan fingerprint density at radius 1 is 1.53 bits per heavy atom. The van der Waals surface area contributed by atoms with Gasteiger partial charge in [-0.2, -0.15) is 5.26 Å². The van der Waals surface area contributed by atoms with Crippen molar-refractivity contribution in [1.29, 1.82) is 0 Å². The summed E-state index contributed by atoms with van der Waals surface area (Å²) >= 11 is 3.25. The van der Waals surface area contributed by atoms with Crippen molar-refractivity contribution in [1.82, 2.24) is 20.0 Å². The second kappa shape index (κ2) is 5.02. The zero-order valence-electron chi connectivity index (χ0n) is 8.45. The number of halogens is 1. The third kappa shape index (κ3) is 2.86. The van der Waals surface area contributed by atoms with E-state index >= 15 is 0 Å². The van der Waals surface area contributed by atoms with Gasteiger partial charge in [0.05, 0.1) is 18.4 Å².